The van der Waals surface area contributed by atoms with Crippen molar-refractivity contribution in [3.8, 4) is 11.1 Å². The average Bonchev–Trinajstić information content (AvgIpc) is 0.718. The van der Waals surface area contributed by atoms with E-state index in [1.807, 2.05) is 36.4 Å². The van der Waals surface area contributed by atoms with Gasteiger partial charge in [0.05, 0.1) is 43.9 Å². The molecule has 0 radical (unpaired) electrons. The summed E-state index contributed by atoms with van der Waals surface area (Å²) < 4.78 is 265. The van der Waals surface area contributed by atoms with Gasteiger partial charge in [-0.15, -0.1) is 0 Å². The molecule has 14 rings (SSSR count). The van der Waals surface area contributed by atoms with Gasteiger partial charge in [0.1, 0.15) is 0 Å². The van der Waals surface area contributed by atoms with Crippen molar-refractivity contribution >= 4 is 116 Å². The highest BCUT2D eigenvalue weighted by atomic mass is 14.9. The minimum absolute atomic E-state index is 0.00136. The molecule has 0 atom stereocenters. The number of benzene rings is 14. The summed E-state index contributed by atoms with van der Waals surface area (Å²) >= 11 is 0. The van der Waals surface area contributed by atoms with E-state index in [4.69, 9.17) is 43.9 Å². The van der Waals surface area contributed by atoms with E-state index in [-0.39, 0.29) is 105 Å². The third-order valence-electron chi connectivity index (χ3n) is 11.7. The largest absolute Gasteiger partial charge is 0.356 e. The molecule has 0 heterocycles. The second-order valence-corrected chi connectivity index (χ2v) is 16.3. The maximum absolute atomic E-state index is 8.91. The Morgan fingerprint density at radius 1 is 0.293 bits per heavy atom. The lowest BCUT2D eigenvalue weighted by Crippen LogP contribution is -1.93. The molecule has 0 saturated carbocycles. The molecule has 14 aromatic carbocycles. The van der Waals surface area contributed by atoms with E-state index in [2.05, 4.69) is 22.5 Å². The first-order chi connectivity index (χ1) is 50.4. The molecule has 14 aromatic rings. The number of rotatable bonds is 8. The van der Waals surface area contributed by atoms with Gasteiger partial charge >= 0.3 is 0 Å². The Morgan fingerprint density at radius 3 is 1.47 bits per heavy atom. The Bertz CT molecular complexity index is 6250. The highest BCUT2D eigenvalue weighted by Gasteiger charge is 2.10. The van der Waals surface area contributed by atoms with Crippen molar-refractivity contribution in [2.45, 2.75) is 0 Å². The summed E-state index contributed by atoms with van der Waals surface area (Å²) in [7, 11) is 0. The summed E-state index contributed by atoms with van der Waals surface area (Å²) in [6, 6.07) is 11.2. The summed E-state index contributed by atoms with van der Waals surface area (Å²) in [5.74, 6) is 0. The standard InChI is InChI=1S/C26H19N.C24H17N.C22H17N/c1-2-8-22-18-24(17-12-19(22)6-1)27-23-15-13-21(14-16-23)26-11-5-9-20-7-3-4-10-25(20)26;1-4-12-20-17(8-1)10-7-15-23(20)25-24-16-18-9-2-3-11-19(18)21-13-5-6-14-22(21)24;1-2-16-11-13-18(14-12-16)23-22-15-17-7-3-4-8-19(17)20-9-5-6-10-21(20)22/h1-18,27H;1-16,25H;2-15,23H,1H2/i1D,2D,3D,4D,5D,6D,7D,8D,9D,10D,11D,12D,17D,18D;2D,3D,5D,6D,9D,11D,13D,14D,16D;3D,4D,5D,6D,7D,8D,9D,10D,15D. The molecule has 356 valence electrons. The molecule has 3 nitrogen and oxygen atoms in total. The van der Waals surface area contributed by atoms with Crippen LogP contribution < -0.4 is 16.0 Å². The van der Waals surface area contributed by atoms with E-state index >= 15 is 0 Å². The molecule has 0 aliphatic carbocycles. The Morgan fingerprint density at radius 2 is 0.800 bits per heavy atom. The molecular formula is C72H53N3. The van der Waals surface area contributed by atoms with Crippen LogP contribution in [0.25, 0.3) is 92.6 Å². The van der Waals surface area contributed by atoms with Crippen LogP contribution in [0.15, 0.2) is 291 Å². The zero-order valence-electron chi connectivity index (χ0n) is 70.9. The Kier molecular flexibility index (Phi) is 6.40. The lowest BCUT2D eigenvalue weighted by Gasteiger charge is -2.14. The highest BCUT2D eigenvalue weighted by molar-refractivity contribution is 6.15. The van der Waals surface area contributed by atoms with Gasteiger partial charge < -0.3 is 16.0 Å². The molecule has 0 bridgehead atoms. The Balaban J connectivity index is 0.000000151. The van der Waals surface area contributed by atoms with Crippen molar-refractivity contribution in [1.29, 1.82) is 0 Å². The number of nitrogens with one attached hydrogen (secondary N) is 3. The van der Waals surface area contributed by atoms with E-state index in [0.717, 1.165) is 16.3 Å². The van der Waals surface area contributed by atoms with Crippen molar-refractivity contribution in [3.05, 3.63) is 296 Å². The molecule has 0 aliphatic rings. The van der Waals surface area contributed by atoms with Crippen molar-refractivity contribution in [2.24, 2.45) is 0 Å². The van der Waals surface area contributed by atoms with Crippen molar-refractivity contribution in [1.82, 2.24) is 0 Å². The number of anilines is 6. The SMILES string of the molecule is [2H]c1c([2H])c([2H])c2c([2H])c(Nc3ccc(-c4c([2H])c([2H])c([2H])c5c([2H])c([2H])c([2H])c([2H])c45)cc3)c([2H])c([2H])c2c1[2H].[2H]c1c([2H])c([2H])c2c(c1[2H])c([2H])c(Nc1ccc(C=C)cc1)c1c([2H])c([2H])c([2H])c([2H])c12.[2H]c1c([2H])c([2H])c2c(c1[2H])c([2H])c(Nc1cccc3ccccc13)c1c([2H])c([2H])c([2H])c([2H])c12. The fourth-order valence-corrected chi connectivity index (χ4v) is 8.18. The molecular weight excluding hydrogens is 907 g/mol. The van der Waals surface area contributed by atoms with Crippen LogP contribution in [-0.2, 0) is 0 Å². The Labute approximate surface area is 482 Å². The van der Waals surface area contributed by atoms with E-state index < -0.39 is 175 Å². The molecule has 3 heteroatoms. The third kappa shape index (κ3) is 9.87. The number of hydrogen-bond donors (Lipinski definition) is 3. The second kappa shape index (κ2) is 21.0. The van der Waals surface area contributed by atoms with Gasteiger partial charge in [0.25, 0.3) is 0 Å². The van der Waals surface area contributed by atoms with Gasteiger partial charge in [-0.3, -0.25) is 0 Å². The predicted octanol–water partition coefficient (Wildman–Crippen LogP) is 20.7. The van der Waals surface area contributed by atoms with Crippen LogP contribution in [0.1, 0.15) is 49.4 Å². The molecule has 0 aliphatic heterocycles. The van der Waals surface area contributed by atoms with Crippen LogP contribution in [0.5, 0.6) is 0 Å². The predicted molar refractivity (Wildman–Crippen MR) is 327 cm³/mol. The van der Waals surface area contributed by atoms with E-state index in [1.54, 1.807) is 36.4 Å². The maximum atomic E-state index is 8.91. The van der Waals surface area contributed by atoms with Gasteiger partial charge in [-0.05, 0) is 130 Å². The Hall–Kier alpha value is -9.96. The molecule has 0 fully saturated rings. The lowest BCUT2D eigenvalue weighted by atomic mass is 9.98. The van der Waals surface area contributed by atoms with Crippen LogP contribution in [0.3, 0.4) is 0 Å². The second-order valence-electron chi connectivity index (χ2n) is 16.3. The summed E-state index contributed by atoms with van der Waals surface area (Å²) in [6.07, 6.45) is 1.66. The van der Waals surface area contributed by atoms with Gasteiger partial charge in [0, 0.05) is 50.3 Å². The summed E-state index contributed by atoms with van der Waals surface area (Å²) in [5.41, 5.74) is 2.60. The smallest absolute Gasteiger partial charge is 0.0652 e. The first-order valence-corrected chi connectivity index (χ1v) is 22.9. The summed E-state index contributed by atoms with van der Waals surface area (Å²) in [6.45, 7) is 3.70. The molecule has 0 aromatic heterocycles. The molecule has 0 spiro atoms. The molecule has 75 heavy (non-hydrogen) atoms. The van der Waals surface area contributed by atoms with Crippen LogP contribution in [0.4, 0.5) is 34.1 Å². The fraction of sp³-hybridized carbons (Fsp3) is 0. The summed E-state index contributed by atoms with van der Waals surface area (Å²) in [4.78, 5) is 0. The van der Waals surface area contributed by atoms with Gasteiger partial charge in [-0.2, -0.15) is 0 Å². The van der Waals surface area contributed by atoms with Crippen molar-refractivity contribution in [2.75, 3.05) is 16.0 Å². The minimum Gasteiger partial charge on any atom is -0.356 e. The first-order valence-electron chi connectivity index (χ1n) is 38.9. The molecule has 0 saturated heterocycles. The minimum atomic E-state index is -0.563. The zero-order chi connectivity index (χ0) is 78.2. The van der Waals surface area contributed by atoms with Gasteiger partial charge in [-0.25, -0.2) is 0 Å². The maximum Gasteiger partial charge on any atom is 0.0652 e. The fourth-order valence-electron chi connectivity index (χ4n) is 8.18. The highest BCUT2D eigenvalue weighted by Crippen LogP contribution is 2.37. The van der Waals surface area contributed by atoms with Crippen molar-refractivity contribution < 1.29 is 43.9 Å². The zero-order valence-corrected chi connectivity index (χ0v) is 38.9. The van der Waals surface area contributed by atoms with Crippen LogP contribution in [-0.4, -0.2) is 0 Å². The molecule has 0 unspecified atom stereocenters. The summed E-state index contributed by atoms with van der Waals surface area (Å²) in [5, 5.41) is 9.61. The van der Waals surface area contributed by atoms with Crippen molar-refractivity contribution in [3.63, 3.8) is 0 Å². The molecule has 3 N–H and O–H groups in total. The molecule has 0 amide bonds. The monoisotopic (exact) mass is 992 g/mol. The van der Waals surface area contributed by atoms with Crippen LogP contribution >= 0.6 is 0 Å². The van der Waals surface area contributed by atoms with Crippen LogP contribution in [0.2, 0.25) is 0 Å². The average molecular weight is 992 g/mol. The van der Waals surface area contributed by atoms with Crippen LogP contribution in [0, 0.1) is 0 Å². The van der Waals surface area contributed by atoms with Gasteiger partial charge in [0.2, 0.25) is 0 Å². The topological polar surface area (TPSA) is 36.1 Å². The number of hydrogen-bond acceptors (Lipinski definition) is 3. The third-order valence-corrected chi connectivity index (χ3v) is 11.7. The van der Waals surface area contributed by atoms with Gasteiger partial charge in [-0.1, -0.05) is 243 Å². The van der Waals surface area contributed by atoms with Gasteiger partial charge in [0.15, 0.2) is 0 Å². The normalized spacial score (nSPS) is 17.0. The number of fused-ring (bicyclic) bond motifs is 9. The van der Waals surface area contributed by atoms with E-state index in [9.17, 15) is 0 Å². The quantitative estimate of drug-likeness (QED) is 0.133. The lowest BCUT2D eigenvalue weighted by molar-refractivity contribution is 1.56. The van der Waals surface area contributed by atoms with E-state index in [1.165, 1.54) is 24.3 Å². The van der Waals surface area contributed by atoms with E-state index in [0.29, 0.717) is 22.6 Å². The first kappa shape index (κ1) is 22.9.